The van der Waals surface area contributed by atoms with Gasteiger partial charge >= 0.3 is 0 Å². The number of benzene rings is 3. The quantitative estimate of drug-likeness (QED) is 0.441. The Bertz CT molecular complexity index is 1140. The lowest BCUT2D eigenvalue weighted by molar-refractivity contribution is -0.120. The van der Waals surface area contributed by atoms with Crippen molar-refractivity contribution in [3.63, 3.8) is 0 Å². The predicted molar refractivity (Wildman–Crippen MR) is 135 cm³/mol. The smallest absolute Gasteiger partial charge is 0.234 e. The van der Waals surface area contributed by atoms with Crippen molar-refractivity contribution in [2.24, 2.45) is 0 Å². The maximum Gasteiger partial charge on any atom is 0.234 e. The molecule has 7 heteroatoms. The van der Waals surface area contributed by atoms with Crippen LogP contribution >= 0.6 is 11.6 Å². The summed E-state index contributed by atoms with van der Waals surface area (Å²) in [6.07, 6.45) is 0.218. The van der Waals surface area contributed by atoms with Crippen LogP contribution in [0.3, 0.4) is 0 Å². The van der Waals surface area contributed by atoms with E-state index in [-0.39, 0.29) is 18.2 Å². The molecular weight excluding hydrogens is 456 g/mol. The average Bonchev–Trinajstić information content (AvgIpc) is 2.80. The topological polar surface area (TPSA) is 75.3 Å². The fraction of sp³-hybridized carbons (Fsp3) is 0.231. The Morgan fingerprint density at radius 1 is 0.848 bits per heavy atom. The summed E-state index contributed by atoms with van der Waals surface area (Å²) in [5.74, 6) is 0.274. The van der Waals surface area contributed by atoms with E-state index in [0.717, 1.165) is 16.0 Å². The summed E-state index contributed by atoms with van der Waals surface area (Å²) in [7, 11) is -1.00. The third kappa shape index (κ3) is 6.53. The van der Waals surface area contributed by atoms with Gasteiger partial charge in [-0.25, -0.2) is 0 Å². The summed E-state index contributed by atoms with van der Waals surface area (Å²) < 4.78 is 11.8. The summed E-state index contributed by atoms with van der Waals surface area (Å²) in [6, 6.07) is 21.5. The number of halogens is 1. The highest BCUT2D eigenvalue weighted by molar-refractivity contribution is 7.85. The Morgan fingerprint density at radius 2 is 1.39 bits per heavy atom. The number of anilines is 2. The maximum absolute atomic E-state index is 12.8. The molecule has 0 heterocycles. The lowest BCUT2D eigenvalue weighted by atomic mass is 9.83. The molecule has 1 atom stereocenters. The Kier molecular flexibility index (Phi) is 8.06. The lowest BCUT2D eigenvalue weighted by Crippen LogP contribution is -2.34. The molecule has 0 bridgehead atoms. The third-order valence-corrected chi connectivity index (χ3v) is 6.95. The molecular formula is C26H27ClN2O3S. The number of carbonyl (C=O) groups excluding carboxylic acids is 2. The minimum Gasteiger partial charge on any atom is -0.326 e. The van der Waals surface area contributed by atoms with Gasteiger partial charge in [0.25, 0.3) is 0 Å². The van der Waals surface area contributed by atoms with E-state index < -0.39 is 16.2 Å². The maximum atomic E-state index is 12.8. The van der Waals surface area contributed by atoms with Crippen molar-refractivity contribution in [3.05, 3.63) is 88.9 Å². The van der Waals surface area contributed by atoms with Gasteiger partial charge in [0, 0.05) is 27.0 Å². The van der Waals surface area contributed by atoms with Crippen molar-refractivity contribution >= 4 is 45.6 Å². The Morgan fingerprint density at radius 3 is 1.97 bits per heavy atom. The van der Waals surface area contributed by atoms with Crippen molar-refractivity contribution in [3.8, 4) is 0 Å². The van der Waals surface area contributed by atoms with E-state index in [1.807, 2.05) is 45.0 Å². The fourth-order valence-corrected chi connectivity index (χ4v) is 4.14. The molecule has 0 saturated carbocycles. The molecule has 5 nitrogen and oxygen atoms in total. The van der Waals surface area contributed by atoms with Gasteiger partial charge in [-0.15, -0.1) is 0 Å². The molecule has 3 aromatic carbocycles. The van der Waals surface area contributed by atoms with Gasteiger partial charge in [0.05, 0.1) is 22.6 Å². The standard InChI is InChI=1S/C26H27ClN2O3S/c1-4-33(32)23-15-5-18(6-16-23)17-24(30)28-21-11-7-19(8-12-21)26(2,3)25(31)29-22-13-9-20(27)10-14-22/h5-16H,4,17H2,1-3H3,(H,28,30)(H,29,31). The first-order chi connectivity index (χ1) is 15.7. The highest BCUT2D eigenvalue weighted by atomic mass is 35.5. The molecule has 0 aliphatic carbocycles. The van der Waals surface area contributed by atoms with E-state index in [0.29, 0.717) is 22.2 Å². The lowest BCUT2D eigenvalue weighted by Gasteiger charge is -2.24. The number of hydrogen-bond acceptors (Lipinski definition) is 3. The van der Waals surface area contributed by atoms with Gasteiger partial charge in [0.1, 0.15) is 0 Å². The van der Waals surface area contributed by atoms with Crippen molar-refractivity contribution in [1.82, 2.24) is 0 Å². The van der Waals surface area contributed by atoms with E-state index in [1.165, 1.54) is 0 Å². The normalized spacial score (nSPS) is 12.1. The van der Waals surface area contributed by atoms with Crippen molar-refractivity contribution in [2.45, 2.75) is 37.5 Å². The van der Waals surface area contributed by atoms with Gasteiger partial charge < -0.3 is 10.6 Å². The second-order valence-electron chi connectivity index (χ2n) is 8.17. The first-order valence-corrected chi connectivity index (χ1v) is 12.3. The van der Waals surface area contributed by atoms with Crippen molar-refractivity contribution in [1.29, 1.82) is 0 Å². The molecule has 33 heavy (non-hydrogen) atoms. The first kappa shape index (κ1) is 24.7. The second-order valence-corrected chi connectivity index (χ2v) is 10.3. The zero-order valence-electron chi connectivity index (χ0n) is 18.9. The Labute approximate surface area is 202 Å². The van der Waals surface area contributed by atoms with E-state index in [2.05, 4.69) is 10.6 Å². The van der Waals surface area contributed by atoms with Gasteiger partial charge in [0.2, 0.25) is 11.8 Å². The number of rotatable bonds is 8. The van der Waals surface area contributed by atoms with Crippen molar-refractivity contribution < 1.29 is 13.8 Å². The summed E-state index contributed by atoms with van der Waals surface area (Å²) in [6.45, 7) is 5.57. The monoisotopic (exact) mass is 482 g/mol. The van der Waals surface area contributed by atoms with Crippen LogP contribution in [0, 0.1) is 0 Å². The molecule has 0 aromatic heterocycles. The van der Waals surface area contributed by atoms with E-state index in [4.69, 9.17) is 11.6 Å². The summed E-state index contributed by atoms with van der Waals surface area (Å²) >= 11 is 5.90. The Balaban J connectivity index is 1.60. The van der Waals surface area contributed by atoms with Gasteiger partial charge in [-0.1, -0.05) is 42.8 Å². The second kappa shape index (κ2) is 10.8. The third-order valence-electron chi connectivity index (χ3n) is 5.37. The number of carbonyl (C=O) groups is 2. The van der Waals surface area contributed by atoms with E-state index >= 15 is 0 Å². The number of nitrogens with one attached hydrogen (secondary N) is 2. The van der Waals surface area contributed by atoms with Crippen LogP contribution in [0.2, 0.25) is 5.02 Å². The zero-order valence-corrected chi connectivity index (χ0v) is 20.4. The molecule has 0 fully saturated rings. The van der Waals surface area contributed by atoms with Gasteiger partial charge in [-0.05, 0) is 73.5 Å². The highest BCUT2D eigenvalue weighted by Crippen LogP contribution is 2.27. The molecule has 3 rings (SSSR count). The highest BCUT2D eigenvalue weighted by Gasteiger charge is 2.29. The minimum absolute atomic E-state index is 0.144. The molecule has 1 unspecified atom stereocenters. The van der Waals surface area contributed by atoms with E-state index in [9.17, 15) is 13.8 Å². The SMILES string of the molecule is CCS(=O)c1ccc(CC(=O)Nc2ccc(C(C)(C)C(=O)Nc3ccc(Cl)cc3)cc2)cc1. The molecule has 0 saturated heterocycles. The summed E-state index contributed by atoms with van der Waals surface area (Å²) in [4.78, 5) is 26.0. The Hall–Kier alpha value is -2.96. The predicted octanol–water partition coefficient (Wildman–Crippen LogP) is 5.57. The zero-order chi connectivity index (χ0) is 24.0. The average molecular weight is 483 g/mol. The van der Waals surface area contributed by atoms with Crippen LogP contribution in [-0.2, 0) is 32.2 Å². The van der Waals surface area contributed by atoms with Crippen LogP contribution in [0.4, 0.5) is 11.4 Å². The molecule has 0 aliphatic heterocycles. The number of amides is 2. The van der Waals surface area contributed by atoms with Crippen molar-refractivity contribution in [2.75, 3.05) is 16.4 Å². The summed E-state index contributed by atoms with van der Waals surface area (Å²) in [5.41, 5.74) is 2.23. The molecule has 172 valence electrons. The van der Waals surface area contributed by atoms with Crippen LogP contribution in [0.25, 0.3) is 0 Å². The summed E-state index contributed by atoms with van der Waals surface area (Å²) in [5, 5.41) is 6.40. The van der Waals surface area contributed by atoms with Crippen LogP contribution in [0.1, 0.15) is 31.9 Å². The van der Waals surface area contributed by atoms with Gasteiger partial charge in [-0.3, -0.25) is 13.8 Å². The van der Waals surface area contributed by atoms with E-state index in [1.54, 1.807) is 48.5 Å². The fourth-order valence-electron chi connectivity index (χ4n) is 3.24. The molecule has 2 amide bonds. The van der Waals surface area contributed by atoms with Gasteiger partial charge in [0.15, 0.2) is 0 Å². The van der Waals surface area contributed by atoms with Crippen LogP contribution < -0.4 is 10.6 Å². The minimum atomic E-state index is -1.00. The van der Waals surface area contributed by atoms with Crippen LogP contribution in [0.15, 0.2) is 77.7 Å². The van der Waals surface area contributed by atoms with Crippen LogP contribution in [-0.4, -0.2) is 21.8 Å². The first-order valence-electron chi connectivity index (χ1n) is 10.6. The largest absolute Gasteiger partial charge is 0.326 e. The van der Waals surface area contributed by atoms with Crippen LogP contribution in [0.5, 0.6) is 0 Å². The molecule has 0 spiro atoms. The molecule has 3 aromatic rings. The molecule has 0 radical (unpaired) electrons. The van der Waals surface area contributed by atoms with Gasteiger partial charge in [-0.2, -0.15) is 0 Å². The number of hydrogen-bond donors (Lipinski definition) is 2. The molecule has 0 aliphatic rings. The molecule has 2 N–H and O–H groups in total.